The van der Waals surface area contributed by atoms with Crippen LogP contribution in [-0.2, 0) is 26.7 Å². The molecule has 0 aliphatic carbocycles. The molecule has 1 aromatic heterocycles. The van der Waals surface area contributed by atoms with E-state index in [9.17, 15) is 14.2 Å². The van der Waals surface area contributed by atoms with Crippen LogP contribution < -0.4 is 0 Å². The molecular formula is C23H27N4O5P. The van der Waals surface area contributed by atoms with E-state index in [-0.39, 0.29) is 18.4 Å². The third kappa shape index (κ3) is 4.90. The van der Waals surface area contributed by atoms with E-state index in [1.807, 2.05) is 24.3 Å². The average Bonchev–Trinajstić information content (AvgIpc) is 3.25. The van der Waals surface area contributed by atoms with Gasteiger partial charge in [-0.25, -0.2) is 0 Å². The number of carbonyl (C=O) groups excluding carboxylic acids is 2. The molecule has 1 aliphatic heterocycles. The Bertz CT molecular complexity index is 1160. The lowest BCUT2D eigenvalue weighted by Gasteiger charge is -2.26. The molecule has 2 amide bonds. The van der Waals surface area contributed by atoms with Crippen molar-refractivity contribution >= 4 is 30.2 Å². The molecule has 4 rings (SSSR count). The van der Waals surface area contributed by atoms with Crippen molar-refractivity contribution in [2.75, 3.05) is 19.4 Å². The number of unbranched alkanes of at least 4 members (excludes halogenated alkanes) is 1. The fourth-order valence-electron chi connectivity index (χ4n) is 4.05. The van der Waals surface area contributed by atoms with Crippen molar-refractivity contribution in [2.24, 2.45) is 0 Å². The topological polar surface area (TPSA) is 104 Å². The predicted octanol–water partition coefficient (Wildman–Crippen LogP) is 4.27. The number of carbonyl (C=O) groups is 2. The summed E-state index contributed by atoms with van der Waals surface area (Å²) >= 11 is 0. The fraction of sp³-hybridized carbons (Fsp3) is 0.391. The molecule has 0 bridgehead atoms. The van der Waals surface area contributed by atoms with Gasteiger partial charge in [0.1, 0.15) is 5.69 Å². The van der Waals surface area contributed by atoms with Gasteiger partial charge in [-0.3, -0.25) is 23.7 Å². The zero-order valence-corrected chi connectivity index (χ0v) is 19.7. The SMILES string of the molecule is CCOP(=O)(CCCCn1cc(CN2C(=O)c3cccc4cccc(c34)C2=O)nn1)OCC. The Hall–Kier alpha value is -2.87. The molecule has 0 N–H and O–H groups in total. The lowest BCUT2D eigenvalue weighted by Crippen LogP contribution is -2.39. The lowest BCUT2D eigenvalue weighted by molar-refractivity contribution is 0.0596. The minimum absolute atomic E-state index is 0.0479. The van der Waals surface area contributed by atoms with Crippen LogP contribution in [0.4, 0.5) is 0 Å². The molecular weight excluding hydrogens is 443 g/mol. The van der Waals surface area contributed by atoms with E-state index in [1.165, 1.54) is 4.90 Å². The molecule has 33 heavy (non-hydrogen) atoms. The first-order valence-electron chi connectivity index (χ1n) is 11.1. The summed E-state index contributed by atoms with van der Waals surface area (Å²) in [5, 5.41) is 9.81. The molecule has 174 valence electrons. The van der Waals surface area contributed by atoms with Gasteiger partial charge in [0, 0.05) is 23.1 Å². The van der Waals surface area contributed by atoms with E-state index >= 15 is 0 Å². The van der Waals surface area contributed by atoms with Crippen molar-refractivity contribution in [3.63, 3.8) is 0 Å². The maximum Gasteiger partial charge on any atom is 0.330 e. The van der Waals surface area contributed by atoms with Crippen molar-refractivity contribution in [3.8, 4) is 0 Å². The maximum absolute atomic E-state index is 13.0. The van der Waals surface area contributed by atoms with Gasteiger partial charge in [0.05, 0.1) is 32.1 Å². The molecule has 0 saturated heterocycles. The number of hydrogen-bond donors (Lipinski definition) is 0. The highest BCUT2D eigenvalue weighted by Crippen LogP contribution is 2.48. The van der Waals surface area contributed by atoms with Crippen LogP contribution in [0.3, 0.4) is 0 Å². The highest BCUT2D eigenvalue weighted by molar-refractivity contribution is 7.53. The number of aromatic nitrogens is 3. The third-order valence-corrected chi connectivity index (χ3v) is 7.65. The van der Waals surface area contributed by atoms with Crippen LogP contribution in [0.2, 0.25) is 0 Å². The number of benzene rings is 2. The van der Waals surface area contributed by atoms with Gasteiger partial charge >= 0.3 is 7.60 Å². The molecule has 0 fully saturated rings. The van der Waals surface area contributed by atoms with E-state index in [0.29, 0.717) is 61.0 Å². The summed E-state index contributed by atoms with van der Waals surface area (Å²) in [4.78, 5) is 27.3. The summed E-state index contributed by atoms with van der Waals surface area (Å²) in [6, 6.07) is 10.9. The fourth-order valence-corrected chi connectivity index (χ4v) is 5.78. The van der Waals surface area contributed by atoms with Gasteiger partial charge in [0.15, 0.2) is 0 Å². The van der Waals surface area contributed by atoms with Gasteiger partial charge in [-0.05, 0) is 44.2 Å². The Balaban J connectivity index is 1.38. The van der Waals surface area contributed by atoms with E-state index in [4.69, 9.17) is 9.05 Å². The molecule has 3 aromatic rings. The maximum atomic E-state index is 13.0. The number of aryl methyl sites for hydroxylation is 1. The minimum atomic E-state index is -3.05. The van der Waals surface area contributed by atoms with E-state index in [0.717, 1.165) is 5.39 Å². The van der Waals surface area contributed by atoms with Crippen molar-refractivity contribution < 1.29 is 23.2 Å². The minimum Gasteiger partial charge on any atom is -0.309 e. The van der Waals surface area contributed by atoms with Crippen LogP contribution in [0.15, 0.2) is 42.6 Å². The van der Waals surface area contributed by atoms with Gasteiger partial charge in [-0.1, -0.05) is 29.5 Å². The lowest BCUT2D eigenvalue weighted by atomic mass is 9.94. The summed E-state index contributed by atoms with van der Waals surface area (Å²) in [6.45, 7) is 4.88. The second-order valence-corrected chi connectivity index (χ2v) is 9.94. The Labute approximate surface area is 192 Å². The van der Waals surface area contributed by atoms with Crippen molar-refractivity contribution in [1.29, 1.82) is 0 Å². The standard InChI is InChI=1S/C23H27N4O5P/c1-3-31-33(30,32-4-2)14-6-5-13-26-15-18(24-25-26)16-27-22(28)19-11-7-9-17-10-8-12-20(21(17)19)23(27)29/h7-12,15H,3-6,13-14,16H2,1-2H3. The van der Waals surface area contributed by atoms with E-state index in [2.05, 4.69) is 10.3 Å². The Morgan fingerprint density at radius 2 is 1.58 bits per heavy atom. The molecule has 10 heteroatoms. The summed E-state index contributed by atoms with van der Waals surface area (Å²) in [5.41, 5.74) is 1.56. The van der Waals surface area contributed by atoms with Crippen LogP contribution in [0.25, 0.3) is 10.8 Å². The Morgan fingerprint density at radius 3 is 2.18 bits per heavy atom. The summed E-state index contributed by atoms with van der Waals surface area (Å²) in [6.07, 6.45) is 3.44. The highest BCUT2D eigenvalue weighted by Gasteiger charge is 2.33. The summed E-state index contributed by atoms with van der Waals surface area (Å²) in [5.74, 6) is -0.664. The first kappa shape index (κ1) is 23.3. The van der Waals surface area contributed by atoms with Gasteiger partial charge < -0.3 is 9.05 Å². The molecule has 0 radical (unpaired) electrons. The third-order valence-electron chi connectivity index (χ3n) is 5.48. The number of nitrogens with zero attached hydrogens (tertiary/aromatic N) is 4. The van der Waals surface area contributed by atoms with Crippen molar-refractivity contribution in [2.45, 2.75) is 39.8 Å². The van der Waals surface area contributed by atoms with Crippen LogP contribution in [-0.4, -0.2) is 51.1 Å². The van der Waals surface area contributed by atoms with Crippen molar-refractivity contribution in [1.82, 2.24) is 19.9 Å². The number of rotatable bonds is 11. The quantitative estimate of drug-likeness (QED) is 0.234. The smallest absolute Gasteiger partial charge is 0.309 e. The number of hydrogen-bond acceptors (Lipinski definition) is 7. The molecule has 0 atom stereocenters. The molecule has 0 spiro atoms. The molecule has 0 saturated carbocycles. The second kappa shape index (κ2) is 9.95. The van der Waals surface area contributed by atoms with Gasteiger partial charge in [-0.15, -0.1) is 5.10 Å². The highest BCUT2D eigenvalue weighted by atomic mass is 31.2. The Morgan fingerprint density at radius 1 is 0.939 bits per heavy atom. The first-order valence-corrected chi connectivity index (χ1v) is 12.8. The first-order chi connectivity index (χ1) is 16.0. The summed E-state index contributed by atoms with van der Waals surface area (Å²) in [7, 11) is -3.05. The molecule has 1 aliphatic rings. The largest absolute Gasteiger partial charge is 0.330 e. The van der Waals surface area contributed by atoms with E-state index < -0.39 is 7.60 Å². The van der Waals surface area contributed by atoms with Gasteiger partial charge in [-0.2, -0.15) is 0 Å². The van der Waals surface area contributed by atoms with Crippen molar-refractivity contribution in [3.05, 3.63) is 59.4 Å². The van der Waals surface area contributed by atoms with Crippen LogP contribution in [0.5, 0.6) is 0 Å². The van der Waals surface area contributed by atoms with E-state index in [1.54, 1.807) is 36.9 Å². The predicted molar refractivity (Wildman–Crippen MR) is 123 cm³/mol. The van der Waals surface area contributed by atoms with Gasteiger partial charge in [0.25, 0.3) is 11.8 Å². The molecule has 2 heterocycles. The number of imide groups is 1. The second-order valence-electron chi connectivity index (χ2n) is 7.76. The normalized spacial score (nSPS) is 13.8. The van der Waals surface area contributed by atoms with Crippen LogP contribution in [0.1, 0.15) is 53.1 Å². The Kier molecular flexibility index (Phi) is 7.02. The number of amides is 2. The monoisotopic (exact) mass is 470 g/mol. The van der Waals surface area contributed by atoms with Gasteiger partial charge in [0.2, 0.25) is 0 Å². The molecule has 0 unspecified atom stereocenters. The van der Waals surface area contributed by atoms with Crippen LogP contribution >= 0.6 is 7.60 Å². The van der Waals surface area contributed by atoms with Crippen LogP contribution in [0, 0.1) is 0 Å². The summed E-state index contributed by atoms with van der Waals surface area (Å²) < 4.78 is 24.8. The molecule has 9 nitrogen and oxygen atoms in total. The zero-order valence-electron chi connectivity index (χ0n) is 18.8. The molecule has 2 aromatic carbocycles. The average molecular weight is 470 g/mol. The zero-order chi connectivity index (χ0) is 23.4.